The molecule has 27 heavy (non-hydrogen) atoms. The summed E-state index contributed by atoms with van der Waals surface area (Å²) in [6.45, 7) is 3.63. The highest BCUT2D eigenvalue weighted by molar-refractivity contribution is 9.10. The first kappa shape index (κ1) is 18.7. The Morgan fingerprint density at radius 3 is 2.52 bits per heavy atom. The van der Waals surface area contributed by atoms with Gasteiger partial charge in [-0.3, -0.25) is 14.8 Å². The number of H-pyrrole nitrogens is 1. The molecule has 0 saturated carbocycles. The van der Waals surface area contributed by atoms with Crippen molar-refractivity contribution in [3.05, 3.63) is 78.4 Å². The van der Waals surface area contributed by atoms with Crippen molar-refractivity contribution in [1.82, 2.24) is 9.55 Å². The van der Waals surface area contributed by atoms with Gasteiger partial charge in [0.1, 0.15) is 17.0 Å². The molecule has 3 rings (SSSR count). The van der Waals surface area contributed by atoms with Gasteiger partial charge in [0.25, 0.3) is 5.56 Å². The van der Waals surface area contributed by atoms with Crippen LogP contribution in [0.1, 0.15) is 16.7 Å². The number of aromatic nitrogens is 2. The Balaban J connectivity index is 2.21. The summed E-state index contributed by atoms with van der Waals surface area (Å²) in [6.07, 6.45) is 1.11. The Labute approximate surface area is 162 Å². The van der Waals surface area contributed by atoms with E-state index in [1.807, 2.05) is 13.0 Å². The van der Waals surface area contributed by atoms with E-state index in [0.717, 1.165) is 26.4 Å². The maximum absolute atomic E-state index is 12.3. The number of aryl methyl sites for hydroxylation is 2. The second-order valence-electron chi connectivity index (χ2n) is 5.97. The van der Waals surface area contributed by atoms with Gasteiger partial charge in [0.15, 0.2) is 0 Å². The third-order valence-electron chi connectivity index (χ3n) is 4.05. The molecule has 0 aliphatic rings. The van der Waals surface area contributed by atoms with Gasteiger partial charge in [0.05, 0.1) is 5.69 Å². The molecule has 0 fully saturated rings. The maximum atomic E-state index is 12.3. The summed E-state index contributed by atoms with van der Waals surface area (Å²) in [5, 5.41) is 20.4. The fourth-order valence-electron chi connectivity index (χ4n) is 2.59. The first-order chi connectivity index (χ1) is 12.8. The summed E-state index contributed by atoms with van der Waals surface area (Å²) in [5.41, 5.74) is 0.508. The fourth-order valence-corrected chi connectivity index (χ4v) is 3.05. The topological polar surface area (TPSA) is 108 Å². The summed E-state index contributed by atoms with van der Waals surface area (Å²) >= 11 is 3.42. The zero-order valence-electron chi connectivity index (χ0n) is 14.5. The number of aromatic hydroxyl groups is 2. The number of rotatable bonds is 3. The van der Waals surface area contributed by atoms with E-state index in [9.17, 15) is 19.8 Å². The molecule has 0 aliphatic carbocycles. The van der Waals surface area contributed by atoms with Gasteiger partial charge in [0.2, 0.25) is 5.88 Å². The molecule has 0 aliphatic heterocycles. The van der Waals surface area contributed by atoms with Crippen molar-refractivity contribution >= 4 is 27.8 Å². The summed E-state index contributed by atoms with van der Waals surface area (Å²) in [4.78, 5) is 30.7. The molecule has 0 spiro atoms. The summed E-state index contributed by atoms with van der Waals surface area (Å²) < 4.78 is 1.88. The molecule has 138 valence electrons. The lowest BCUT2D eigenvalue weighted by molar-refractivity contribution is 0.430. The molecule has 0 unspecified atom stereocenters. The molecule has 3 N–H and O–H groups in total. The van der Waals surface area contributed by atoms with Crippen molar-refractivity contribution in [3.63, 3.8) is 0 Å². The van der Waals surface area contributed by atoms with Crippen LogP contribution in [0.15, 0.2) is 55.5 Å². The van der Waals surface area contributed by atoms with Crippen molar-refractivity contribution in [1.29, 1.82) is 0 Å². The minimum atomic E-state index is -0.778. The van der Waals surface area contributed by atoms with Gasteiger partial charge in [-0.2, -0.15) is 0 Å². The van der Waals surface area contributed by atoms with Crippen LogP contribution in [-0.4, -0.2) is 26.0 Å². The number of aromatic amines is 1. The van der Waals surface area contributed by atoms with Crippen LogP contribution in [0.2, 0.25) is 0 Å². The molecule has 0 atom stereocenters. The Morgan fingerprint density at radius 1 is 1.11 bits per heavy atom. The average molecular weight is 430 g/mol. The normalized spacial score (nSPS) is 11.2. The zero-order chi connectivity index (χ0) is 19.7. The molecular weight excluding hydrogens is 414 g/mol. The number of hydrogen-bond donors (Lipinski definition) is 3. The SMILES string of the molecule is Cc1cc(-n2c(O)c(C=Nc3ccccc3O)c(=O)[nH]c2=O)c(C)cc1Br. The van der Waals surface area contributed by atoms with E-state index in [4.69, 9.17) is 0 Å². The molecule has 0 amide bonds. The van der Waals surface area contributed by atoms with E-state index in [1.165, 1.54) is 6.07 Å². The quantitative estimate of drug-likeness (QED) is 0.555. The maximum Gasteiger partial charge on any atom is 0.335 e. The first-order valence-corrected chi connectivity index (χ1v) is 8.76. The van der Waals surface area contributed by atoms with E-state index in [-0.39, 0.29) is 17.0 Å². The Bertz CT molecular complexity index is 1180. The number of phenolic OH excluding ortho intramolecular Hbond substituents is 1. The van der Waals surface area contributed by atoms with Gasteiger partial charge in [0, 0.05) is 10.7 Å². The fraction of sp³-hybridized carbons (Fsp3) is 0.105. The van der Waals surface area contributed by atoms with Gasteiger partial charge in [-0.1, -0.05) is 28.1 Å². The van der Waals surface area contributed by atoms with Crippen LogP contribution in [0.4, 0.5) is 5.69 Å². The predicted octanol–water partition coefficient (Wildman–Crippen LogP) is 3.07. The number of nitrogens with one attached hydrogen (secondary N) is 1. The molecule has 3 aromatic rings. The second kappa shape index (κ2) is 7.24. The lowest BCUT2D eigenvalue weighted by atomic mass is 10.1. The van der Waals surface area contributed by atoms with E-state index in [0.29, 0.717) is 5.69 Å². The van der Waals surface area contributed by atoms with Crippen LogP contribution >= 0.6 is 15.9 Å². The van der Waals surface area contributed by atoms with E-state index >= 15 is 0 Å². The van der Waals surface area contributed by atoms with Gasteiger partial charge in [-0.15, -0.1) is 0 Å². The Hall–Kier alpha value is -3.13. The number of hydrogen-bond acceptors (Lipinski definition) is 5. The van der Waals surface area contributed by atoms with E-state index in [1.54, 1.807) is 31.2 Å². The highest BCUT2D eigenvalue weighted by Crippen LogP contribution is 2.27. The van der Waals surface area contributed by atoms with Crippen molar-refractivity contribution in [2.24, 2.45) is 4.99 Å². The zero-order valence-corrected chi connectivity index (χ0v) is 16.1. The van der Waals surface area contributed by atoms with Crippen molar-refractivity contribution in [2.75, 3.05) is 0 Å². The van der Waals surface area contributed by atoms with Gasteiger partial charge in [-0.25, -0.2) is 9.36 Å². The van der Waals surface area contributed by atoms with Crippen LogP contribution in [0, 0.1) is 13.8 Å². The predicted molar refractivity (Wildman–Crippen MR) is 107 cm³/mol. The highest BCUT2D eigenvalue weighted by atomic mass is 79.9. The number of aliphatic imine (C=N–C) groups is 1. The molecule has 1 heterocycles. The summed E-state index contributed by atoms with van der Waals surface area (Å²) in [5.74, 6) is -0.606. The lowest BCUT2D eigenvalue weighted by Gasteiger charge is -2.14. The van der Waals surface area contributed by atoms with Crippen LogP contribution in [0.3, 0.4) is 0 Å². The number of benzene rings is 2. The molecule has 8 heteroatoms. The largest absolute Gasteiger partial charge is 0.506 e. The standard InChI is InChI=1S/C19H16BrN3O4/c1-10-8-15(11(2)7-13(10)20)23-18(26)12(17(25)22-19(23)27)9-21-14-5-3-4-6-16(14)24/h3-9,24,26H,1-2H3,(H,22,25,27). The number of halogens is 1. The van der Waals surface area contributed by atoms with Crippen molar-refractivity contribution in [3.8, 4) is 17.3 Å². The minimum absolute atomic E-state index is 0.0719. The van der Waals surface area contributed by atoms with Crippen LogP contribution < -0.4 is 11.2 Å². The van der Waals surface area contributed by atoms with Crippen LogP contribution in [-0.2, 0) is 0 Å². The number of nitrogens with zero attached hydrogens (tertiary/aromatic N) is 2. The lowest BCUT2D eigenvalue weighted by Crippen LogP contribution is -2.31. The highest BCUT2D eigenvalue weighted by Gasteiger charge is 2.16. The van der Waals surface area contributed by atoms with Crippen LogP contribution in [0.5, 0.6) is 11.6 Å². The summed E-state index contributed by atoms with van der Waals surface area (Å²) in [6, 6.07) is 9.85. The van der Waals surface area contributed by atoms with Crippen molar-refractivity contribution in [2.45, 2.75) is 13.8 Å². The molecule has 2 aromatic carbocycles. The third kappa shape index (κ3) is 3.56. The number of para-hydroxylation sites is 2. The number of phenols is 1. The molecular formula is C19H16BrN3O4. The Kier molecular flexibility index (Phi) is 5.00. The average Bonchev–Trinajstić information content (AvgIpc) is 2.60. The second-order valence-corrected chi connectivity index (χ2v) is 6.82. The third-order valence-corrected chi connectivity index (χ3v) is 4.91. The minimum Gasteiger partial charge on any atom is -0.506 e. The van der Waals surface area contributed by atoms with Gasteiger partial charge in [-0.05, 0) is 49.2 Å². The molecule has 7 nitrogen and oxygen atoms in total. The molecule has 0 radical (unpaired) electrons. The monoisotopic (exact) mass is 429 g/mol. The summed E-state index contributed by atoms with van der Waals surface area (Å²) in [7, 11) is 0. The van der Waals surface area contributed by atoms with Crippen LogP contribution in [0.25, 0.3) is 5.69 Å². The molecule has 1 aromatic heterocycles. The first-order valence-electron chi connectivity index (χ1n) is 7.97. The van der Waals surface area contributed by atoms with E-state index in [2.05, 4.69) is 25.9 Å². The van der Waals surface area contributed by atoms with E-state index < -0.39 is 17.1 Å². The molecule has 0 bridgehead atoms. The van der Waals surface area contributed by atoms with Gasteiger partial charge < -0.3 is 10.2 Å². The Morgan fingerprint density at radius 2 is 1.81 bits per heavy atom. The van der Waals surface area contributed by atoms with Gasteiger partial charge >= 0.3 is 5.69 Å². The van der Waals surface area contributed by atoms with Crippen molar-refractivity contribution < 1.29 is 10.2 Å². The molecule has 0 saturated heterocycles. The smallest absolute Gasteiger partial charge is 0.335 e.